The molecule has 1 amide bonds. The van der Waals surface area contributed by atoms with Crippen molar-refractivity contribution in [1.29, 1.82) is 0 Å². The maximum atomic E-state index is 11.4. The van der Waals surface area contributed by atoms with Crippen molar-refractivity contribution in [3.63, 3.8) is 0 Å². The molecule has 1 aliphatic rings. The van der Waals surface area contributed by atoms with Gasteiger partial charge in [-0.05, 0) is 18.3 Å². The maximum Gasteiger partial charge on any atom is 0.410 e. The number of nitrogens with one attached hydrogen (secondary N) is 1. The number of carbonyl (C=O) groups is 3. The van der Waals surface area contributed by atoms with Gasteiger partial charge in [-0.2, -0.15) is 0 Å². The molecule has 7 nitrogen and oxygen atoms in total. The Hall–Kier alpha value is -1.79. The molecule has 20 heavy (non-hydrogen) atoms. The number of hydrogen-bond donors (Lipinski definition) is 2. The van der Waals surface area contributed by atoms with Crippen LogP contribution in [0.4, 0.5) is 4.79 Å². The van der Waals surface area contributed by atoms with Crippen molar-refractivity contribution in [2.45, 2.75) is 45.4 Å². The second kappa shape index (κ2) is 7.72. The van der Waals surface area contributed by atoms with E-state index >= 15 is 0 Å². The lowest BCUT2D eigenvalue weighted by Crippen LogP contribution is -2.40. The van der Waals surface area contributed by atoms with Crippen molar-refractivity contribution in [3.8, 4) is 0 Å². The number of alkyl carbamates (subject to hydrolysis) is 1. The second-order valence-corrected chi connectivity index (χ2v) is 5.17. The number of aliphatic carboxylic acids is 1. The fourth-order valence-electron chi connectivity index (χ4n) is 2.52. The zero-order chi connectivity index (χ0) is 15.0. The molecule has 0 heterocycles. The number of rotatable bonds is 6. The lowest BCUT2D eigenvalue weighted by atomic mass is 9.72. The number of ether oxygens (including phenoxy) is 2. The highest BCUT2D eigenvalue weighted by atomic mass is 16.7. The summed E-state index contributed by atoms with van der Waals surface area (Å²) >= 11 is 0. The Balaban J connectivity index is 2.39. The maximum absolute atomic E-state index is 11.4. The van der Waals surface area contributed by atoms with Gasteiger partial charge < -0.3 is 19.9 Å². The van der Waals surface area contributed by atoms with E-state index in [4.69, 9.17) is 5.11 Å². The topological polar surface area (TPSA) is 102 Å². The van der Waals surface area contributed by atoms with Crippen molar-refractivity contribution in [3.05, 3.63) is 0 Å². The van der Waals surface area contributed by atoms with Crippen molar-refractivity contribution in [1.82, 2.24) is 5.32 Å². The molecule has 0 atom stereocenters. The molecule has 0 radical (unpaired) electrons. The molecule has 7 heteroatoms. The van der Waals surface area contributed by atoms with E-state index in [0.717, 1.165) is 32.1 Å². The van der Waals surface area contributed by atoms with Gasteiger partial charge in [0.1, 0.15) is 0 Å². The standard InChI is InChI=1S/C13H21NO6/c1-10(15)19-9-20-12(18)14-8-13(7-11(16)17)5-3-2-4-6-13/h2-9H2,1H3,(H,14,18)(H,16,17). The number of carboxylic acid groups (broad SMARTS) is 1. The minimum Gasteiger partial charge on any atom is -0.481 e. The molecule has 0 aromatic carbocycles. The van der Waals surface area contributed by atoms with E-state index in [2.05, 4.69) is 14.8 Å². The Morgan fingerprint density at radius 2 is 1.80 bits per heavy atom. The zero-order valence-electron chi connectivity index (χ0n) is 11.6. The third kappa shape index (κ3) is 5.90. The number of carbonyl (C=O) groups excluding carboxylic acids is 2. The highest BCUT2D eigenvalue weighted by molar-refractivity contribution is 5.69. The third-order valence-corrected chi connectivity index (χ3v) is 3.50. The first-order chi connectivity index (χ1) is 9.43. The normalized spacial score (nSPS) is 17.1. The van der Waals surface area contributed by atoms with Crippen LogP contribution in [0.25, 0.3) is 0 Å². The molecule has 0 saturated heterocycles. The van der Waals surface area contributed by atoms with Gasteiger partial charge in [-0.15, -0.1) is 0 Å². The van der Waals surface area contributed by atoms with Crippen LogP contribution >= 0.6 is 0 Å². The van der Waals surface area contributed by atoms with Crippen molar-refractivity contribution in [2.24, 2.45) is 5.41 Å². The Bertz CT molecular complexity index is 362. The molecule has 1 saturated carbocycles. The van der Waals surface area contributed by atoms with Gasteiger partial charge in [-0.25, -0.2) is 4.79 Å². The lowest BCUT2D eigenvalue weighted by Gasteiger charge is -2.36. The highest BCUT2D eigenvalue weighted by Gasteiger charge is 2.34. The van der Waals surface area contributed by atoms with Gasteiger partial charge in [0.25, 0.3) is 0 Å². The Kier molecular flexibility index (Phi) is 6.27. The summed E-state index contributed by atoms with van der Waals surface area (Å²) in [6.07, 6.45) is 3.93. The molecule has 0 aromatic rings. The number of esters is 1. The molecule has 1 aliphatic carbocycles. The zero-order valence-corrected chi connectivity index (χ0v) is 11.6. The number of hydrogen-bond acceptors (Lipinski definition) is 5. The SMILES string of the molecule is CC(=O)OCOC(=O)NCC1(CC(=O)O)CCCCC1. The molecule has 1 fully saturated rings. The van der Waals surface area contributed by atoms with Crippen LogP contribution in [0.15, 0.2) is 0 Å². The van der Waals surface area contributed by atoms with Crippen molar-refractivity contribution < 1.29 is 29.0 Å². The monoisotopic (exact) mass is 287 g/mol. The van der Waals surface area contributed by atoms with E-state index < -0.39 is 30.2 Å². The summed E-state index contributed by atoms with van der Waals surface area (Å²) in [6, 6.07) is 0. The summed E-state index contributed by atoms with van der Waals surface area (Å²) < 4.78 is 9.13. The summed E-state index contributed by atoms with van der Waals surface area (Å²) in [5.41, 5.74) is -0.398. The second-order valence-electron chi connectivity index (χ2n) is 5.17. The first-order valence-corrected chi connectivity index (χ1v) is 6.69. The van der Waals surface area contributed by atoms with E-state index in [1.165, 1.54) is 6.92 Å². The Morgan fingerprint density at radius 3 is 2.35 bits per heavy atom. The number of amides is 1. The molecular formula is C13H21NO6. The summed E-state index contributed by atoms with van der Waals surface area (Å²) in [5, 5.41) is 11.6. The van der Waals surface area contributed by atoms with Crippen molar-refractivity contribution >= 4 is 18.0 Å². The summed E-state index contributed by atoms with van der Waals surface area (Å²) in [7, 11) is 0. The van der Waals surface area contributed by atoms with Gasteiger partial charge in [0, 0.05) is 13.5 Å². The van der Waals surface area contributed by atoms with E-state index in [0.29, 0.717) is 0 Å². The van der Waals surface area contributed by atoms with E-state index in [1.807, 2.05) is 0 Å². The molecule has 114 valence electrons. The van der Waals surface area contributed by atoms with Gasteiger partial charge >= 0.3 is 18.0 Å². The molecule has 1 rings (SSSR count). The van der Waals surface area contributed by atoms with Gasteiger partial charge in [0.2, 0.25) is 6.79 Å². The van der Waals surface area contributed by atoms with E-state index in [1.54, 1.807) is 0 Å². The van der Waals surface area contributed by atoms with Crippen LogP contribution in [0.2, 0.25) is 0 Å². The molecular weight excluding hydrogens is 266 g/mol. The third-order valence-electron chi connectivity index (χ3n) is 3.50. The first-order valence-electron chi connectivity index (χ1n) is 6.69. The molecule has 0 spiro atoms. The average molecular weight is 287 g/mol. The Morgan fingerprint density at radius 1 is 1.15 bits per heavy atom. The molecule has 2 N–H and O–H groups in total. The van der Waals surface area contributed by atoms with Crippen LogP contribution in [0.1, 0.15) is 45.4 Å². The molecule has 0 aromatic heterocycles. The minimum absolute atomic E-state index is 0.0389. The minimum atomic E-state index is -0.859. The quantitative estimate of drug-likeness (QED) is 0.569. The van der Waals surface area contributed by atoms with Crippen molar-refractivity contribution in [2.75, 3.05) is 13.3 Å². The van der Waals surface area contributed by atoms with Gasteiger partial charge in [0.05, 0.1) is 6.42 Å². The average Bonchev–Trinajstić information content (AvgIpc) is 2.36. The van der Waals surface area contributed by atoms with Crippen LogP contribution in [-0.4, -0.2) is 36.5 Å². The van der Waals surface area contributed by atoms with Gasteiger partial charge in [-0.3, -0.25) is 9.59 Å². The smallest absolute Gasteiger partial charge is 0.410 e. The van der Waals surface area contributed by atoms with Crippen LogP contribution < -0.4 is 5.32 Å². The first kappa shape index (κ1) is 16.3. The van der Waals surface area contributed by atoms with Crippen LogP contribution in [-0.2, 0) is 19.1 Å². The number of carboxylic acids is 1. The largest absolute Gasteiger partial charge is 0.481 e. The molecule has 0 aliphatic heterocycles. The predicted molar refractivity (Wildman–Crippen MR) is 68.9 cm³/mol. The van der Waals surface area contributed by atoms with E-state index in [-0.39, 0.29) is 13.0 Å². The fourth-order valence-corrected chi connectivity index (χ4v) is 2.52. The molecule has 0 bridgehead atoms. The lowest BCUT2D eigenvalue weighted by molar-refractivity contribution is -0.149. The van der Waals surface area contributed by atoms with Gasteiger partial charge in [0.15, 0.2) is 0 Å². The highest BCUT2D eigenvalue weighted by Crippen LogP contribution is 2.38. The summed E-state index contributed by atoms with van der Waals surface area (Å²) in [5.74, 6) is -1.39. The molecule has 0 unspecified atom stereocenters. The Labute approximate surface area is 117 Å². The van der Waals surface area contributed by atoms with Crippen LogP contribution in [0.3, 0.4) is 0 Å². The van der Waals surface area contributed by atoms with E-state index in [9.17, 15) is 14.4 Å². The van der Waals surface area contributed by atoms with Crippen LogP contribution in [0.5, 0.6) is 0 Å². The predicted octanol–water partition coefficient (Wildman–Crippen LogP) is 1.66. The van der Waals surface area contributed by atoms with Crippen LogP contribution in [0, 0.1) is 5.41 Å². The summed E-state index contributed by atoms with van der Waals surface area (Å²) in [4.78, 5) is 32.9. The fraction of sp³-hybridized carbons (Fsp3) is 0.769. The summed E-state index contributed by atoms with van der Waals surface area (Å²) in [6.45, 7) is 1.04. The van der Waals surface area contributed by atoms with Gasteiger partial charge in [-0.1, -0.05) is 19.3 Å².